The van der Waals surface area contributed by atoms with E-state index in [0.717, 1.165) is 11.3 Å². The molecular formula is C15H18FN3O. The first kappa shape index (κ1) is 13.1. The van der Waals surface area contributed by atoms with Gasteiger partial charge in [-0.25, -0.2) is 9.37 Å². The lowest BCUT2D eigenvalue weighted by Crippen LogP contribution is -2.09. The molecule has 1 heterocycles. The second kappa shape index (κ2) is 5.25. The Morgan fingerprint density at radius 3 is 3.00 bits per heavy atom. The molecule has 5 heteroatoms. The van der Waals surface area contributed by atoms with Crippen LogP contribution in [0.1, 0.15) is 43.1 Å². The van der Waals surface area contributed by atoms with Gasteiger partial charge < -0.3 is 15.0 Å². The van der Waals surface area contributed by atoms with E-state index in [0.29, 0.717) is 18.4 Å². The summed E-state index contributed by atoms with van der Waals surface area (Å²) in [5, 5.41) is 0. The largest absolute Gasteiger partial charge is 0.487 e. The van der Waals surface area contributed by atoms with Crippen LogP contribution in [0.25, 0.3) is 0 Å². The minimum Gasteiger partial charge on any atom is -0.487 e. The molecule has 20 heavy (non-hydrogen) atoms. The molecule has 0 radical (unpaired) electrons. The fraction of sp³-hybridized carbons (Fsp3) is 0.400. The maximum Gasteiger partial charge on any atom is 0.130 e. The van der Waals surface area contributed by atoms with Gasteiger partial charge in [-0.2, -0.15) is 0 Å². The van der Waals surface area contributed by atoms with Crippen LogP contribution in [0.3, 0.4) is 0 Å². The van der Waals surface area contributed by atoms with Crippen molar-refractivity contribution in [2.75, 3.05) is 0 Å². The van der Waals surface area contributed by atoms with Crippen LogP contribution in [-0.2, 0) is 6.61 Å². The van der Waals surface area contributed by atoms with Crippen molar-refractivity contribution in [3.63, 3.8) is 0 Å². The number of hydrogen-bond acceptors (Lipinski definition) is 3. The highest BCUT2D eigenvalue weighted by atomic mass is 19.1. The van der Waals surface area contributed by atoms with Crippen LogP contribution in [0.5, 0.6) is 5.75 Å². The number of aromatic nitrogens is 2. The molecule has 1 saturated carbocycles. The van der Waals surface area contributed by atoms with E-state index >= 15 is 0 Å². The van der Waals surface area contributed by atoms with Crippen molar-refractivity contribution in [1.29, 1.82) is 0 Å². The van der Waals surface area contributed by atoms with E-state index in [9.17, 15) is 4.39 Å². The van der Waals surface area contributed by atoms with Gasteiger partial charge in [0.05, 0.1) is 18.2 Å². The second-order valence-corrected chi connectivity index (χ2v) is 5.28. The second-order valence-electron chi connectivity index (χ2n) is 5.28. The first-order chi connectivity index (χ1) is 9.65. The monoisotopic (exact) mass is 275 g/mol. The van der Waals surface area contributed by atoms with Crippen molar-refractivity contribution < 1.29 is 9.13 Å². The van der Waals surface area contributed by atoms with Crippen molar-refractivity contribution in [3.8, 4) is 5.75 Å². The third-order valence-corrected chi connectivity index (χ3v) is 3.53. The maximum atomic E-state index is 13.4. The van der Waals surface area contributed by atoms with Crippen LogP contribution < -0.4 is 10.5 Å². The van der Waals surface area contributed by atoms with Crippen LogP contribution in [-0.4, -0.2) is 9.55 Å². The molecule has 1 unspecified atom stereocenters. The van der Waals surface area contributed by atoms with Gasteiger partial charge in [-0.1, -0.05) is 6.07 Å². The molecule has 0 bridgehead atoms. The molecule has 1 aliphatic carbocycles. The van der Waals surface area contributed by atoms with Gasteiger partial charge in [0.1, 0.15) is 18.2 Å². The summed E-state index contributed by atoms with van der Waals surface area (Å²) in [5.41, 5.74) is 7.70. The van der Waals surface area contributed by atoms with E-state index < -0.39 is 0 Å². The van der Waals surface area contributed by atoms with E-state index in [1.54, 1.807) is 12.3 Å². The first-order valence-corrected chi connectivity index (χ1v) is 6.83. The zero-order valence-corrected chi connectivity index (χ0v) is 11.4. The lowest BCUT2D eigenvalue weighted by Gasteiger charge is -2.14. The van der Waals surface area contributed by atoms with Gasteiger partial charge in [-0.3, -0.25) is 0 Å². The lowest BCUT2D eigenvalue weighted by molar-refractivity contribution is 0.289. The molecule has 2 aromatic rings. The predicted octanol–water partition coefficient (Wildman–Crippen LogP) is 2.96. The van der Waals surface area contributed by atoms with Gasteiger partial charge in [-0.15, -0.1) is 0 Å². The standard InChI is InChI=1S/C15H18FN3O/c1-10(17)14-5-2-11(16)6-15(14)20-8-13-7-18-9-19(13)12-3-4-12/h2,5-7,9-10,12H,3-4,8,17H2,1H3. The fourth-order valence-electron chi connectivity index (χ4n) is 2.29. The molecule has 1 aromatic heterocycles. The number of rotatable bonds is 5. The zero-order valence-electron chi connectivity index (χ0n) is 11.4. The van der Waals surface area contributed by atoms with Gasteiger partial charge in [0, 0.05) is 23.7 Å². The van der Waals surface area contributed by atoms with Gasteiger partial charge in [-0.05, 0) is 25.8 Å². The molecule has 1 fully saturated rings. The average molecular weight is 275 g/mol. The predicted molar refractivity (Wildman–Crippen MR) is 73.8 cm³/mol. The highest BCUT2D eigenvalue weighted by molar-refractivity contribution is 5.36. The minimum atomic E-state index is -0.319. The molecule has 4 nitrogen and oxygen atoms in total. The maximum absolute atomic E-state index is 13.4. The summed E-state index contributed by atoms with van der Waals surface area (Å²) in [5.74, 6) is 0.184. The van der Waals surface area contributed by atoms with Gasteiger partial charge in [0.15, 0.2) is 0 Å². The molecule has 0 saturated heterocycles. The van der Waals surface area contributed by atoms with E-state index in [-0.39, 0.29) is 11.9 Å². The van der Waals surface area contributed by atoms with E-state index in [1.165, 1.54) is 25.0 Å². The highest BCUT2D eigenvalue weighted by Crippen LogP contribution is 2.36. The molecular weight excluding hydrogens is 257 g/mol. The highest BCUT2D eigenvalue weighted by Gasteiger charge is 2.25. The summed E-state index contributed by atoms with van der Waals surface area (Å²) >= 11 is 0. The summed E-state index contributed by atoms with van der Waals surface area (Å²) < 4.78 is 21.2. The number of nitrogens with two attached hydrogens (primary N) is 1. The molecule has 106 valence electrons. The van der Waals surface area contributed by atoms with Crippen LogP contribution in [0.15, 0.2) is 30.7 Å². The van der Waals surface area contributed by atoms with Crippen molar-refractivity contribution in [2.24, 2.45) is 5.73 Å². The third kappa shape index (κ3) is 2.67. The fourth-order valence-corrected chi connectivity index (χ4v) is 2.29. The van der Waals surface area contributed by atoms with Crippen molar-refractivity contribution >= 4 is 0 Å². The summed E-state index contributed by atoms with van der Waals surface area (Å²) in [4.78, 5) is 4.15. The van der Waals surface area contributed by atoms with E-state index in [1.807, 2.05) is 13.3 Å². The summed E-state index contributed by atoms with van der Waals surface area (Å²) in [7, 11) is 0. The van der Waals surface area contributed by atoms with Crippen molar-refractivity contribution in [3.05, 3.63) is 47.8 Å². The zero-order chi connectivity index (χ0) is 14.1. The Labute approximate surface area is 117 Å². The molecule has 0 spiro atoms. The lowest BCUT2D eigenvalue weighted by atomic mass is 10.1. The molecule has 0 amide bonds. The number of benzene rings is 1. The van der Waals surface area contributed by atoms with Crippen LogP contribution in [0.2, 0.25) is 0 Å². The SMILES string of the molecule is CC(N)c1ccc(F)cc1OCc1cncn1C1CC1. The Kier molecular flexibility index (Phi) is 3.44. The Bertz CT molecular complexity index is 605. The Morgan fingerprint density at radius 2 is 2.30 bits per heavy atom. The normalized spacial score (nSPS) is 16.1. The van der Waals surface area contributed by atoms with Crippen LogP contribution >= 0.6 is 0 Å². The number of halogens is 1. The van der Waals surface area contributed by atoms with Crippen LogP contribution in [0, 0.1) is 5.82 Å². The topological polar surface area (TPSA) is 53.1 Å². The van der Waals surface area contributed by atoms with Crippen LogP contribution in [0.4, 0.5) is 4.39 Å². The van der Waals surface area contributed by atoms with E-state index in [4.69, 9.17) is 10.5 Å². The number of nitrogens with zero attached hydrogens (tertiary/aromatic N) is 2. The van der Waals surface area contributed by atoms with Crippen molar-refractivity contribution in [2.45, 2.75) is 38.5 Å². The molecule has 3 rings (SSSR count). The number of imidazole rings is 1. The Balaban J connectivity index is 1.77. The van der Waals surface area contributed by atoms with Gasteiger partial charge in [0.2, 0.25) is 0 Å². The van der Waals surface area contributed by atoms with Gasteiger partial charge >= 0.3 is 0 Å². The number of ether oxygens (including phenoxy) is 1. The number of hydrogen-bond donors (Lipinski definition) is 1. The van der Waals surface area contributed by atoms with E-state index in [2.05, 4.69) is 9.55 Å². The third-order valence-electron chi connectivity index (χ3n) is 3.53. The summed E-state index contributed by atoms with van der Waals surface area (Å²) in [6.07, 6.45) is 6.00. The Hall–Kier alpha value is -1.88. The quantitative estimate of drug-likeness (QED) is 0.912. The minimum absolute atomic E-state index is 0.195. The van der Waals surface area contributed by atoms with Crippen molar-refractivity contribution in [1.82, 2.24) is 9.55 Å². The molecule has 0 aliphatic heterocycles. The first-order valence-electron chi connectivity index (χ1n) is 6.83. The van der Waals surface area contributed by atoms with Gasteiger partial charge in [0.25, 0.3) is 0 Å². The molecule has 1 atom stereocenters. The Morgan fingerprint density at radius 1 is 1.50 bits per heavy atom. The molecule has 2 N–H and O–H groups in total. The summed E-state index contributed by atoms with van der Waals surface area (Å²) in [6, 6.07) is 4.82. The molecule has 1 aromatic carbocycles. The molecule has 1 aliphatic rings. The smallest absolute Gasteiger partial charge is 0.130 e. The average Bonchev–Trinajstić information content (AvgIpc) is 3.15. The summed E-state index contributed by atoms with van der Waals surface area (Å²) in [6.45, 7) is 2.23.